The van der Waals surface area contributed by atoms with E-state index in [0.29, 0.717) is 50.9 Å². The lowest BCUT2D eigenvalue weighted by atomic mass is 9.95. The molecule has 11 heteroatoms. The van der Waals surface area contributed by atoms with Crippen molar-refractivity contribution in [3.63, 3.8) is 0 Å². The van der Waals surface area contributed by atoms with Gasteiger partial charge in [0.25, 0.3) is 0 Å². The van der Waals surface area contributed by atoms with E-state index < -0.39 is 13.9 Å². The van der Waals surface area contributed by atoms with Gasteiger partial charge in [-0.3, -0.25) is 4.57 Å². The fourth-order valence-corrected chi connectivity index (χ4v) is 6.88. The van der Waals surface area contributed by atoms with E-state index in [-0.39, 0.29) is 11.6 Å². The van der Waals surface area contributed by atoms with Crippen molar-refractivity contribution in [2.24, 2.45) is 5.41 Å². The first-order valence-corrected chi connectivity index (χ1v) is 17.2. The summed E-state index contributed by atoms with van der Waals surface area (Å²) in [4.78, 5) is 0. The molecule has 0 aliphatic carbocycles. The average Bonchev–Trinajstić information content (AvgIpc) is 3.46. The number of benzene rings is 2. The van der Waals surface area contributed by atoms with E-state index in [2.05, 4.69) is 36.4 Å². The minimum absolute atomic E-state index is 0.0421. The Kier molecular flexibility index (Phi) is 11.6. The second-order valence-corrected chi connectivity index (χ2v) is 13.5. The fraction of sp³-hybridized carbons (Fsp3) is 0.548. The van der Waals surface area contributed by atoms with E-state index in [1.807, 2.05) is 36.4 Å². The predicted octanol–water partition coefficient (Wildman–Crippen LogP) is 8.28. The maximum atomic E-state index is 13.2. The van der Waals surface area contributed by atoms with Gasteiger partial charge in [-0.2, -0.15) is 8.75 Å². The number of hydrogen-bond acceptors (Lipinski definition) is 10. The molecule has 1 aliphatic heterocycles. The van der Waals surface area contributed by atoms with Gasteiger partial charge in [-0.25, -0.2) is 0 Å². The van der Waals surface area contributed by atoms with Crippen molar-refractivity contribution in [3.05, 3.63) is 46.5 Å². The van der Waals surface area contributed by atoms with Crippen LogP contribution in [0.4, 0.5) is 0 Å². The zero-order chi connectivity index (χ0) is 30.2. The zero-order valence-corrected chi connectivity index (χ0v) is 27.2. The highest BCUT2D eigenvalue weighted by Crippen LogP contribution is 2.52. The van der Waals surface area contributed by atoms with E-state index in [1.54, 1.807) is 13.8 Å². The summed E-state index contributed by atoms with van der Waals surface area (Å²) in [5.41, 5.74) is 4.74. The van der Waals surface area contributed by atoms with E-state index in [4.69, 9.17) is 28.0 Å². The van der Waals surface area contributed by atoms with Crippen LogP contribution < -0.4 is 9.47 Å². The maximum absolute atomic E-state index is 13.2. The van der Waals surface area contributed by atoms with E-state index in [9.17, 15) is 4.57 Å². The second kappa shape index (κ2) is 14.9. The highest BCUT2D eigenvalue weighted by Gasteiger charge is 2.32. The highest BCUT2D eigenvalue weighted by molar-refractivity contribution is 7.53. The highest BCUT2D eigenvalue weighted by atomic mass is 32.1. The van der Waals surface area contributed by atoms with Crippen LogP contribution in [0, 0.1) is 5.41 Å². The summed E-state index contributed by atoms with van der Waals surface area (Å²) in [5, 5.41) is 0. The molecule has 0 bridgehead atoms. The van der Waals surface area contributed by atoms with Gasteiger partial charge in [0.1, 0.15) is 22.5 Å². The maximum Gasteiger partial charge on any atom is 0.335 e. The van der Waals surface area contributed by atoms with Crippen LogP contribution in [-0.4, -0.2) is 48.4 Å². The molecule has 0 saturated carbocycles. The Morgan fingerprint density at radius 1 is 0.905 bits per heavy atom. The third kappa shape index (κ3) is 8.18. The Morgan fingerprint density at radius 2 is 1.52 bits per heavy atom. The summed E-state index contributed by atoms with van der Waals surface area (Å²) >= 11 is 1.12. The van der Waals surface area contributed by atoms with Gasteiger partial charge < -0.3 is 28.0 Å². The van der Waals surface area contributed by atoms with Gasteiger partial charge in [0.2, 0.25) is 0 Å². The van der Waals surface area contributed by atoms with Crippen LogP contribution in [0.2, 0.25) is 0 Å². The third-order valence-corrected chi connectivity index (χ3v) is 9.12. The van der Waals surface area contributed by atoms with Crippen LogP contribution in [-0.2, 0) is 29.2 Å². The number of hydrogen-bond donors (Lipinski definition) is 0. The van der Waals surface area contributed by atoms with Crippen molar-refractivity contribution in [2.45, 2.75) is 66.8 Å². The molecule has 1 saturated heterocycles. The quantitative estimate of drug-likeness (QED) is 0.123. The third-order valence-electron chi connectivity index (χ3n) is 6.56. The standard InChI is InChI=1S/C31H43N2O7PS/c1-7-15-35-26-18-25(30-37-20-31(5,6)21-38-30)27(36-16-8-2)17-23(26)13-11-22-12-14-24(29-28(22)32-42-33-29)19-41(34,39-9-3)40-10-4/h11-14,17-18,30H,7-10,15-16,19-21H2,1-6H3/b13-11+. The molecule has 0 atom stereocenters. The Hall–Kier alpha value is -2.33. The van der Waals surface area contributed by atoms with Gasteiger partial charge in [0, 0.05) is 16.5 Å². The van der Waals surface area contributed by atoms with Crippen LogP contribution >= 0.6 is 19.3 Å². The molecule has 42 heavy (non-hydrogen) atoms. The van der Waals surface area contributed by atoms with Gasteiger partial charge in [0.05, 0.1) is 63.1 Å². The number of rotatable bonds is 15. The minimum Gasteiger partial charge on any atom is -0.493 e. The van der Waals surface area contributed by atoms with Gasteiger partial charge in [-0.05, 0) is 44.4 Å². The molecule has 1 fully saturated rings. The lowest BCUT2D eigenvalue weighted by Gasteiger charge is -2.35. The summed E-state index contributed by atoms with van der Waals surface area (Å²) < 4.78 is 57.9. The molecule has 0 unspecified atom stereocenters. The summed E-state index contributed by atoms with van der Waals surface area (Å²) in [6, 6.07) is 7.84. The topological polar surface area (TPSA) is 98.2 Å². The molecule has 2 aromatic carbocycles. The van der Waals surface area contributed by atoms with E-state index in [1.165, 1.54) is 0 Å². The molecule has 9 nitrogen and oxygen atoms in total. The van der Waals surface area contributed by atoms with Crippen molar-refractivity contribution in [1.82, 2.24) is 8.75 Å². The van der Waals surface area contributed by atoms with Crippen LogP contribution in [0.1, 0.15) is 82.9 Å². The van der Waals surface area contributed by atoms with Crippen molar-refractivity contribution in [3.8, 4) is 11.5 Å². The minimum atomic E-state index is -3.29. The fourth-order valence-electron chi connectivity index (χ4n) is 4.56. The van der Waals surface area contributed by atoms with Gasteiger partial charge in [-0.15, -0.1) is 0 Å². The smallest absolute Gasteiger partial charge is 0.335 e. The van der Waals surface area contributed by atoms with Crippen LogP contribution in [0.5, 0.6) is 11.5 Å². The molecule has 1 aromatic heterocycles. The largest absolute Gasteiger partial charge is 0.493 e. The predicted molar refractivity (Wildman–Crippen MR) is 167 cm³/mol. The number of nitrogens with zero attached hydrogens (tertiary/aromatic N) is 2. The Balaban J connectivity index is 1.69. The van der Waals surface area contributed by atoms with Gasteiger partial charge in [-0.1, -0.05) is 52.0 Å². The first kappa shape index (κ1) is 32.6. The first-order valence-electron chi connectivity index (χ1n) is 14.7. The van der Waals surface area contributed by atoms with Gasteiger partial charge in [0.15, 0.2) is 6.29 Å². The molecule has 0 radical (unpaired) electrons. The summed E-state index contributed by atoms with van der Waals surface area (Å²) in [7, 11) is -3.29. The van der Waals surface area contributed by atoms with Crippen LogP contribution in [0.3, 0.4) is 0 Å². The normalized spacial score (nSPS) is 16.0. The second-order valence-electron chi connectivity index (χ2n) is 11.0. The molecule has 0 N–H and O–H groups in total. The Labute approximate surface area is 253 Å². The average molecular weight is 619 g/mol. The monoisotopic (exact) mass is 618 g/mol. The lowest BCUT2D eigenvalue weighted by molar-refractivity contribution is -0.226. The van der Waals surface area contributed by atoms with Crippen LogP contribution in [0.15, 0.2) is 24.3 Å². The molecule has 230 valence electrons. The number of aromatic nitrogens is 2. The molecule has 4 rings (SSSR count). The SMILES string of the molecule is CCCOc1cc(C2OCC(C)(C)CO2)c(OCCC)cc1/C=C/c1ccc(CP(=O)(OCC)OCC)c2nsnc12. The summed E-state index contributed by atoms with van der Waals surface area (Å²) in [6.07, 6.45) is 5.35. The molecular weight excluding hydrogens is 575 g/mol. The molecular formula is C31H43N2O7PS. The number of ether oxygens (including phenoxy) is 4. The first-order chi connectivity index (χ1) is 20.2. The molecule has 2 heterocycles. The van der Waals surface area contributed by atoms with Crippen molar-refractivity contribution >= 4 is 42.5 Å². The Morgan fingerprint density at radius 3 is 2.17 bits per heavy atom. The van der Waals surface area contributed by atoms with E-state index >= 15 is 0 Å². The van der Waals surface area contributed by atoms with Crippen LogP contribution in [0.25, 0.3) is 23.2 Å². The number of fused-ring (bicyclic) bond motifs is 1. The summed E-state index contributed by atoms with van der Waals surface area (Å²) in [6.45, 7) is 15.0. The molecule has 3 aromatic rings. The van der Waals surface area contributed by atoms with Crippen molar-refractivity contribution < 1.29 is 32.6 Å². The lowest BCUT2D eigenvalue weighted by Crippen LogP contribution is -2.34. The van der Waals surface area contributed by atoms with Gasteiger partial charge >= 0.3 is 7.60 Å². The van der Waals surface area contributed by atoms with E-state index in [0.717, 1.165) is 58.1 Å². The van der Waals surface area contributed by atoms with Crippen molar-refractivity contribution in [1.29, 1.82) is 0 Å². The summed E-state index contributed by atoms with van der Waals surface area (Å²) in [5.74, 6) is 1.44. The molecule has 1 aliphatic rings. The Bertz CT molecular complexity index is 1390. The molecule has 0 spiro atoms. The molecule has 0 amide bonds. The zero-order valence-electron chi connectivity index (χ0n) is 25.5. The van der Waals surface area contributed by atoms with Crippen molar-refractivity contribution in [2.75, 3.05) is 39.6 Å².